The van der Waals surface area contributed by atoms with Crippen molar-refractivity contribution in [2.75, 3.05) is 5.32 Å². The number of hydrogen-bond acceptors (Lipinski definition) is 5. The molecule has 2 rings (SSSR count). The Balaban J connectivity index is 2.53. The van der Waals surface area contributed by atoms with E-state index in [2.05, 4.69) is 14.4 Å². The van der Waals surface area contributed by atoms with E-state index >= 15 is 0 Å². The SMILES string of the molecule is CC(C)c1cc(OC(F)F)cc(C(C)C)c1NC(=O)N=S(c1sc(C(C)(C)O)cc1F)[C@H](C)N. The Morgan fingerprint density at radius 2 is 1.68 bits per heavy atom. The Bertz CT molecular complexity index is 1030. The maximum absolute atomic E-state index is 14.7. The van der Waals surface area contributed by atoms with E-state index in [-0.39, 0.29) is 21.8 Å². The number of carbonyl (C=O) groups is 1. The van der Waals surface area contributed by atoms with Gasteiger partial charge in [0.1, 0.15) is 15.8 Å². The first kappa shape index (κ1) is 28.3. The average molecular weight is 520 g/mol. The minimum atomic E-state index is -2.97. The molecule has 11 heteroatoms. The van der Waals surface area contributed by atoms with Crippen LogP contribution >= 0.6 is 11.3 Å². The summed E-state index contributed by atoms with van der Waals surface area (Å²) in [5.41, 5.74) is 6.47. The van der Waals surface area contributed by atoms with E-state index in [0.717, 1.165) is 11.3 Å². The number of nitrogens with zero attached hydrogens (tertiary/aromatic N) is 1. The Morgan fingerprint density at radius 1 is 1.15 bits per heavy atom. The predicted octanol–water partition coefficient (Wildman–Crippen LogP) is 6.66. The topological polar surface area (TPSA) is 96.9 Å². The summed E-state index contributed by atoms with van der Waals surface area (Å²) >= 11 is 1.02. The van der Waals surface area contributed by atoms with Gasteiger partial charge < -0.3 is 20.9 Å². The van der Waals surface area contributed by atoms with Gasteiger partial charge in [-0.3, -0.25) is 0 Å². The second-order valence-electron chi connectivity index (χ2n) is 9.01. The molecule has 0 spiro atoms. The number of thiophene rings is 1. The first-order chi connectivity index (χ1) is 15.6. The average Bonchev–Trinajstić information content (AvgIpc) is 3.07. The van der Waals surface area contributed by atoms with Crippen molar-refractivity contribution in [1.29, 1.82) is 0 Å². The van der Waals surface area contributed by atoms with Crippen molar-refractivity contribution in [2.24, 2.45) is 10.1 Å². The molecular weight excluding hydrogens is 487 g/mol. The summed E-state index contributed by atoms with van der Waals surface area (Å²) < 4.78 is 49.3. The minimum absolute atomic E-state index is 0.00692. The number of urea groups is 1. The largest absolute Gasteiger partial charge is 0.435 e. The lowest BCUT2D eigenvalue weighted by Gasteiger charge is -2.21. The second-order valence-corrected chi connectivity index (χ2v) is 12.3. The monoisotopic (exact) mass is 519 g/mol. The van der Waals surface area contributed by atoms with Crippen LogP contribution in [0.15, 0.2) is 26.8 Å². The quantitative estimate of drug-likeness (QED) is 0.363. The van der Waals surface area contributed by atoms with Gasteiger partial charge in [-0.2, -0.15) is 13.1 Å². The third-order valence-electron chi connectivity index (χ3n) is 4.86. The number of halogens is 3. The standard InChI is InChI=1S/C23H32F3N3O3S2/c1-11(2)15-8-14(32-21(25)26)9-16(12(3)4)19(15)28-22(30)29-34(13(5)27)20-17(24)10-18(33-20)23(6,7)31/h8-13,21,31H,27H2,1-7H3,(H,28,30)/t13-,34?/m1/s1. The summed E-state index contributed by atoms with van der Waals surface area (Å²) in [6.07, 6.45) is 0. The summed E-state index contributed by atoms with van der Waals surface area (Å²) in [7, 11) is -1.32. The molecule has 0 aliphatic heterocycles. The molecule has 2 atom stereocenters. The molecule has 34 heavy (non-hydrogen) atoms. The van der Waals surface area contributed by atoms with Crippen LogP contribution in [0.5, 0.6) is 5.75 Å². The van der Waals surface area contributed by atoms with Crippen LogP contribution in [0, 0.1) is 5.82 Å². The molecule has 0 saturated heterocycles. The zero-order chi connectivity index (χ0) is 26.0. The number of nitrogens with one attached hydrogen (secondary N) is 1. The Kier molecular flexibility index (Phi) is 9.31. The Morgan fingerprint density at radius 3 is 2.06 bits per heavy atom. The number of rotatable bonds is 8. The number of anilines is 1. The molecule has 0 aliphatic rings. The first-order valence-corrected chi connectivity index (χ1v) is 12.8. The third-order valence-corrected chi connectivity index (χ3v) is 8.48. The van der Waals surface area contributed by atoms with Crippen molar-refractivity contribution in [2.45, 2.75) is 82.1 Å². The lowest BCUT2D eigenvalue weighted by atomic mass is 9.92. The molecule has 190 valence electrons. The van der Waals surface area contributed by atoms with Gasteiger partial charge in [0.25, 0.3) is 0 Å². The van der Waals surface area contributed by atoms with Crippen molar-refractivity contribution < 1.29 is 27.8 Å². The molecule has 0 saturated carbocycles. The molecule has 1 aromatic heterocycles. The lowest BCUT2D eigenvalue weighted by molar-refractivity contribution is -0.0499. The van der Waals surface area contributed by atoms with E-state index in [4.69, 9.17) is 5.73 Å². The number of aliphatic hydroxyl groups is 1. The normalized spacial score (nSPS) is 14.2. The lowest BCUT2D eigenvalue weighted by Crippen LogP contribution is -2.23. The highest BCUT2D eigenvalue weighted by Gasteiger charge is 2.26. The molecule has 2 amide bonds. The highest BCUT2D eigenvalue weighted by Crippen LogP contribution is 2.38. The summed E-state index contributed by atoms with van der Waals surface area (Å²) in [6.45, 7) is 9.19. The van der Waals surface area contributed by atoms with Gasteiger partial charge in [0.2, 0.25) is 0 Å². The van der Waals surface area contributed by atoms with Crippen LogP contribution in [0.1, 0.15) is 76.3 Å². The third kappa shape index (κ3) is 7.03. The number of alkyl halides is 2. The molecule has 0 bridgehead atoms. The number of amides is 2. The fourth-order valence-electron chi connectivity index (χ4n) is 3.19. The van der Waals surface area contributed by atoms with Gasteiger partial charge in [-0.15, -0.1) is 11.3 Å². The van der Waals surface area contributed by atoms with Crippen LogP contribution in [0.4, 0.5) is 23.7 Å². The van der Waals surface area contributed by atoms with E-state index in [1.807, 2.05) is 27.7 Å². The molecule has 6 nitrogen and oxygen atoms in total. The van der Waals surface area contributed by atoms with Crippen LogP contribution in [-0.2, 0) is 16.3 Å². The van der Waals surface area contributed by atoms with Crippen molar-refractivity contribution in [1.82, 2.24) is 0 Å². The van der Waals surface area contributed by atoms with E-state index < -0.39 is 40.1 Å². The van der Waals surface area contributed by atoms with E-state index in [9.17, 15) is 23.1 Å². The van der Waals surface area contributed by atoms with Gasteiger partial charge >= 0.3 is 12.6 Å². The molecular formula is C23H32F3N3O3S2. The van der Waals surface area contributed by atoms with E-state index in [1.165, 1.54) is 32.0 Å². The number of ether oxygens (including phenoxy) is 1. The molecule has 0 radical (unpaired) electrons. The van der Waals surface area contributed by atoms with E-state index in [1.54, 1.807) is 6.92 Å². The van der Waals surface area contributed by atoms with Gasteiger partial charge in [-0.25, -0.2) is 9.18 Å². The fraction of sp³-hybridized carbons (Fsp3) is 0.522. The summed E-state index contributed by atoms with van der Waals surface area (Å²) in [5.74, 6) is -0.819. The van der Waals surface area contributed by atoms with Gasteiger partial charge in [0.15, 0.2) is 0 Å². The maximum Gasteiger partial charge on any atom is 0.387 e. The van der Waals surface area contributed by atoms with Crippen LogP contribution < -0.4 is 15.8 Å². The predicted molar refractivity (Wildman–Crippen MR) is 132 cm³/mol. The molecule has 4 N–H and O–H groups in total. The molecule has 1 unspecified atom stereocenters. The number of hydrogen-bond donors (Lipinski definition) is 3. The van der Waals surface area contributed by atoms with Crippen LogP contribution in [-0.4, -0.2) is 23.1 Å². The number of nitrogens with two attached hydrogens (primary N) is 1. The zero-order valence-electron chi connectivity index (χ0n) is 20.3. The molecule has 1 heterocycles. The van der Waals surface area contributed by atoms with Crippen molar-refractivity contribution in [3.63, 3.8) is 0 Å². The van der Waals surface area contributed by atoms with Gasteiger partial charge in [-0.05, 0) is 72.6 Å². The minimum Gasteiger partial charge on any atom is -0.435 e. The fourth-order valence-corrected chi connectivity index (χ4v) is 6.21. The summed E-state index contributed by atoms with van der Waals surface area (Å²) in [4.78, 5) is 13.4. The van der Waals surface area contributed by atoms with Crippen molar-refractivity contribution in [3.8, 4) is 5.75 Å². The van der Waals surface area contributed by atoms with Gasteiger partial charge in [0, 0.05) is 10.6 Å². The highest BCUT2D eigenvalue weighted by atomic mass is 32.2. The van der Waals surface area contributed by atoms with Crippen LogP contribution in [0.2, 0.25) is 0 Å². The zero-order valence-corrected chi connectivity index (χ0v) is 21.9. The van der Waals surface area contributed by atoms with Crippen LogP contribution in [0.3, 0.4) is 0 Å². The first-order valence-electron chi connectivity index (χ1n) is 10.8. The smallest absolute Gasteiger partial charge is 0.387 e. The number of carbonyl (C=O) groups excluding carboxylic acids is 1. The van der Waals surface area contributed by atoms with E-state index in [0.29, 0.717) is 21.7 Å². The van der Waals surface area contributed by atoms with Crippen molar-refractivity contribution in [3.05, 3.63) is 40.0 Å². The van der Waals surface area contributed by atoms with Crippen LogP contribution in [0.25, 0.3) is 0 Å². The Hall–Kier alpha value is -1.95. The molecule has 0 fully saturated rings. The number of benzene rings is 1. The van der Waals surface area contributed by atoms with Gasteiger partial charge in [-0.1, -0.05) is 27.7 Å². The van der Waals surface area contributed by atoms with Crippen molar-refractivity contribution >= 4 is 33.7 Å². The molecule has 2 aromatic rings. The molecule has 1 aromatic carbocycles. The highest BCUT2D eigenvalue weighted by molar-refractivity contribution is 7.90. The summed E-state index contributed by atoms with van der Waals surface area (Å²) in [5, 5.41) is 12.3. The molecule has 0 aliphatic carbocycles. The Labute approximate surface area is 204 Å². The second kappa shape index (κ2) is 11.2. The summed E-state index contributed by atoms with van der Waals surface area (Å²) in [6, 6.07) is 3.44. The maximum atomic E-state index is 14.7. The van der Waals surface area contributed by atoms with Gasteiger partial charge in [0.05, 0.1) is 11.0 Å².